The lowest BCUT2D eigenvalue weighted by molar-refractivity contribution is -0.139. The van der Waals surface area contributed by atoms with Gasteiger partial charge in [-0.3, -0.25) is 14.4 Å². The SMILES string of the molecule is Cc1cc(C)c(NC(=O)COc2ccccc2/C=N\NC(=O)C(=O)NCC(C)C)c(C)c1. The number of aryl methyl sites for hydroxylation is 3. The Morgan fingerprint density at radius 1 is 1.03 bits per heavy atom. The average molecular weight is 439 g/mol. The van der Waals surface area contributed by atoms with E-state index in [1.165, 1.54) is 6.21 Å². The number of rotatable bonds is 8. The fraction of sp³-hybridized carbons (Fsp3) is 0.333. The quantitative estimate of drug-likeness (QED) is 0.334. The number of para-hydroxylation sites is 1. The number of benzene rings is 2. The van der Waals surface area contributed by atoms with Gasteiger partial charge in [0, 0.05) is 17.8 Å². The first-order valence-corrected chi connectivity index (χ1v) is 10.4. The number of anilines is 1. The van der Waals surface area contributed by atoms with Gasteiger partial charge < -0.3 is 15.4 Å². The monoisotopic (exact) mass is 438 g/mol. The molecule has 0 spiro atoms. The van der Waals surface area contributed by atoms with Crippen LogP contribution in [0.15, 0.2) is 41.5 Å². The minimum atomic E-state index is -0.858. The maximum absolute atomic E-state index is 12.4. The highest BCUT2D eigenvalue weighted by atomic mass is 16.5. The van der Waals surface area contributed by atoms with Crippen LogP contribution >= 0.6 is 0 Å². The number of ether oxygens (including phenoxy) is 1. The molecule has 32 heavy (non-hydrogen) atoms. The molecule has 8 heteroatoms. The number of amides is 3. The van der Waals surface area contributed by atoms with Crippen molar-refractivity contribution in [3.63, 3.8) is 0 Å². The van der Waals surface area contributed by atoms with Crippen molar-refractivity contribution in [2.45, 2.75) is 34.6 Å². The van der Waals surface area contributed by atoms with Gasteiger partial charge in [0.2, 0.25) is 0 Å². The van der Waals surface area contributed by atoms with Gasteiger partial charge >= 0.3 is 11.8 Å². The van der Waals surface area contributed by atoms with Crippen molar-refractivity contribution >= 4 is 29.6 Å². The maximum Gasteiger partial charge on any atom is 0.329 e. The summed E-state index contributed by atoms with van der Waals surface area (Å²) in [5, 5.41) is 9.21. The summed E-state index contributed by atoms with van der Waals surface area (Å²) in [7, 11) is 0. The molecule has 0 aliphatic carbocycles. The van der Waals surface area contributed by atoms with Crippen LogP contribution < -0.4 is 20.8 Å². The Bertz CT molecular complexity index is 992. The van der Waals surface area contributed by atoms with E-state index in [-0.39, 0.29) is 18.4 Å². The van der Waals surface area contributed by atoms with Gasteiger partial charge in [0.05, 0.1) is 6.21 Å². The summed E-state index contributed by atoms with van der Waals surface area (Å²) >= 11 is 0. The Kier molecular flexibility index (Phi) is 8.95. The first kappa shape index (κ1) is 24.6. The first-order valence-electron chi connectivity index (χ1n) is 10.4. The van der Waals surface area contributed by atoms with Gasteiger partial charge in [-0.25, -0.2) is 5.43 Å². The molecule has 0 saturated heterocycles. The van der Waals surface area contributed by atoms with Gasteiger partial charge in [-0.15, -0.1) is 0 Å². The zero-order chi connectivity index (χ0) is 23.7. The maximum atomic E-state index is 12.4. The second-order valence-electron chi connectivity index (χ2n) is 7.95. The molecular weight excluding hydrogens is 408 g/mol. The van der Waals surface area contributed by atoms with Crippen LogP contribution in [0.3, 0.4) is 0 Å². The lowest BCUT2D eigenvalue weighted by atomic mass is 10.1. The van der Waals surface area contributed by atoms with Crippen molar-refractivity contribution in [1.29, 1.82) is 0 Å². The third-order valence-electron chi connectivity index (χ3n) is 4.47. The van der Waals surface area contributed by atoms with Gasteiger partial charge in [-0.2, -0.15) is 5.10 Å². The standard InChI is InChI=1S/C24H30N4O4/c1-15(2)12-25-23(30)24(31)28-26-13-19-8-6-7-9-20(19)32-14-21(29)27-22-17(4)10-16(3)11-18(22)5/h6-11,13,15H,12,14H2,1-5H3,(H,25,30)(H,27,29)(H,28,31)/b26-13-. The Morgan fingerprint density at radius 3 is 2.34 bits per heavy atom. The van der Waals surface area contributed by atoms with Crippen LogP contribution in [0.1, 0.15) is 36.1 Å². The average Bonchev–Trinajstić information content (AvgIpc) is 2.73. The molecule has 0 bridgehead atoms. The summed E-state index contributed by atoms with van der Waals surface area (Å²) in [6, 6.07) is 10.9. The van der Waals surface area contributed by atoms with Crippen LogP contribution in [0.5, 0.6) is 5.75 Å². The van der Waals surface area contributed by atoms with Crippen molar-refractivity contribution in [2.24, 2.45) is 11.0 Å². The third kappa shape index (κ3) is 7.54. The van der Waals surface area contributed by atoms with E-state index in [1.807, 2.05) is 46.8 Å². The molecule has 0 heterocycles. The second-order valence-corrected chi connectivity index (χ2v) is 7.95. The van der Waals surface area contributed by atoms with Gasteiger partial charge in [0.25, 0.3) is 5.91 Å². The van der Waals surface area contributed by atoms with E-state index in [9.17, 15) is 14.4 Å². The number of nitrogens with one attached hydrogen (secondary N) is 3. The predicted molar refractivity (Wildman–Crippen MR) is 125 cm³/mol. The van der Waals surface area contributed by atoms with Crippen LogP contribution in [0.4, 0.5) is 5.69 Å². The van der Waals surface area contributed by atoms with Crippen molar-refractivity contribution < 1.29 is 19.1 Å². The van der Waals surface area contributed by atoms with Gasteiger partial charge in [-0.1, -0.05) is 43.7 Å². The molecular formula is C24H30N4O4. The Labute approximate surface area is 188 Å². The normalized spacial score (nSPS) is 10.8. The molecule has 0 unspecified atom stereocenters. The fourth-order valence-corrected chi connectivity index (χ4v) is 3.00. The molecule has 3 amide bonds. The highest BCUT2D eigenvalue weighted by Gasteiger charge is 2.13. The summed E-state index contributed by atoms with van der Waals surface area (Å²) < 4.78 is 5.65. The summed E-state index contributed by atoms with van der Waals surface area (Å²) in [6.07, 6.45) is 1.36. The van der Waals surface area contributed by atoms with Crippen molar-refractivity contribution in [3.05, 3.63) is 58.7 Å². The summed E-state index contributed by atoms with van der Waals surface area (Å²) in [4.78, 5) is 35.9. The minimum absolute atomic E-state index is 0.193. The lowest BCUT2D eigenvalue weighted by Crippen LogP contribution is -2.39. The molecule has 0 aliphatic heterocycles. The Balaban J connectivity index is 1.94. The van der Waals surface area contributed by atoms with Crippen molar-refractivity contribution in [2.75, 3.05) is 18.5 Å². The molecule has 3 N–H and O–H groups in total. The number of carbonyl (C=O) groups is 3. The number of nitrogens with zero attached hydrogens (tertiary/aromatic N) is 1. The number of hydrogen-bond acceptors (Lipinski definition) is 5. The lowest BCUT2D eigenvalue weighted by Gasteiger charge is -2.14. The first-order chi connectivity index (χ1) is 15.2. The zero-order valence-corrected chi connectivity index (χ0v) is 19.1. The molecule has 8 nitrogen and oxygen atoms in total. The van der Waals surface area contributed by atoms with E-state index in [4.69, 9.17) is 4.74 Å². The number of hydrazone groups is 1. The highest BCUT2D eigenvalue weighted by Crippen LogP contribution is 2.22. The van der Waals surface area contributed by atoms with E-state index in [1.54, 1.807) is 24.3 Å². The van der Waals surface area contributed by atoms with Crippen LogP contribution in [-0.2, 0) is 14.4 Å². The van der Waals surface area contributed by atoms with E-state index in [0.717, 1.165) is 22.4 Å². The molecule has 2 aromatic rings. The zero-order valence-electron chi connectivity index (χ0n) is 19.1. The molecule has 2 rings (SSSR count). The van der Waals surface area contributed by atoms with Crippen LogP contribution in [-0.4, -0.2) is 37.1 Å². The van der Waals surface area contributed by atoms with E-state index < -0.39 is 11.8 Å². The topological polar surface area (TPSA) is 109 Å². The summed E-state index contributed by atoms with van der Waals surface area (Å²) in [5.41, 5.74) is 6.60. The van der Waals surface area contributed by atoms with Crippen LogP contribution in [0.25, 0.3) is 0 Å². The fourth-order valence-electron chi connectivity index (χ4n) is 3.00. The van der Waals surface area contributed by atoms with Gasteiger partial charge in [0.15, 0.2) is 6.61 Å². The number of carbonyl (C=O) groups excluding carboxylic acids is 3. The van der Waals surface area contributed by atoms with Gasteiger partial charge in [-0.05, 0) is 49.9 Å². The predicted octanol–water partition coefficient (Wildman–Crippen LogP) is 2.85. The highest BCUT2D eigenvalue weighted by molar-refractivity contribution is 6.35. The summed E-state index contributed by atoms with van der Waals surface area (Å²) in [6.45, 7) is 9.96. The Hall–Kier alpha value is -3.68. The third-order valence-corrected chi connectivity index (χ3v) is 4.47. The van der Waals surface area contributed by atoms with Crippen LogP contribution in [0.2, 0.25) is 0 Å². The smallest absolute Gasteiger partial charge is 0.329 e. The minimum Gasteiger partial charge on any atom is -0.483 e. The molecule has 0 atom stereocenters. The van der Waals surface area contributed by atoms with Crippen LogP contribution in [0, 0.1) is 26.7 Å². The molecule has 0 radical (unpaired) electrons. The molecule has 2 aromatic carbocycles. The summed E-state index contributed by atoms with van der Waals surface area (Å²) in [5.74, 6) is -1.25. The van der Waals surface area contributed by atoms with Gasteiger partial charge in [0.1, 0.15) is 5.75 Å². The van der Waals surface area contributed by atoms with E-state index in [2.05, 4.69) is 21.2 Å². The van der Waals surface area contributed by atoms with Crippen molar-refractivity contribution in [1.82, 2.24) is 10.7 Å². The molecule has 170 valence electrons. The Morgan fingerprint density at radius 2 is 1.69 bits per heavy atom. The second kappa shape index (κ2) is 11.6. The molecule has 0 aromatic heterocycles. The molecule has 0 aliphatic rings. The largest absolute Gasteiger partial charge is 0.483 e. The van der Waals surface area contributed by atoms with E-state index in [0.29, 0.717) is 17.9 Å². The molecule has 0 fully saturated rings. The van der Waals surface area contributed by atoms with Crippen molar-refractivity contribution in [3.8, 4) is 5.75 Å². The number of hydrogen-bond donors (Lipinski definition) is 3. The molecule has 0 saturated carbocycles. The van der Waals surface area contributed by atoms with E-state index >= 15 is 0 Å².